The van der Waals surface area contributed by atoms with E-state index in [1.54, 1.807) is 10.9 Å². The maximum absolute atomic E-state index is 11.2. The van der Waals surface area contributed by atoms with E-state index in [2.05, 4.69) is 26.0 Å². The minimum Gasteiger partial charge on any atom is -0.478 e. The maximum Gasteiger partial charge on any atom is 0.339 e. The molecule has 0 radical (unpaired) electrons. The number of halogens is 1. The number of carboxylic acids is 1. The highest BCUT2D eigenvalue weighted by Gasteiger charge is 2.33. The first-order valence-electron chi connectivity index (χ1n) is 5.60. The fourth-order valence-electron chi connectivity index (χ4n) is 1.95. The van der Waals surface area contributed by atoms with Gasteiger partial charge in [-0.15, -0.1) is 0 Å². The first-order chi connectivity index (χ1) is 8.66. The minimum absolute atomic E-state index is 0.280. The number of nitrogens with zero attached hydrogens (tertiary/aromatic N) is 3. The van der Waals surface area contributed by atoms with Crippen LogP contribution in [0, 0.1) is 0 Å². The van der Waals surface area contributed by atoms with E-state index in [0.29, 0.717) is 11.7 Å². The van der Waals surface area contributed by atoms with Gasteiger partial charge in [0, 0.05) is 16.6 Å². The summed E-state index contributed by atoms with van der Waals surface area (Å²) in [5.74, 6) is 0.0110. The van der Waals surface area contributed by atoms with Crippen molar-refractivity contribution in [3.8, 4) is 5.82 Å². The van der Waals surface area contributed by atoms with Gasteiger partial charge in [0.2, 0.25) is 0 Å². The van der Waals surface area contributed by atoms with E-state index >= 15 is 0 Å². The summed E-state index contributed by atoms with van der Waals surface area (Å²) >= 11 is 3.32. The minimum atomic E-state index is -0.930. The molecule has 1 aliphatic rings. The van der Waals surface area contributed by atoms with E-state index in [1.165, 1.54) is 6.20 Å². The van der Waals surface area contributed by atoms with Crippen LogP contribution in [-0.4, -0.2) is 25.8 Å². The van der Waals surface area contributed by atoms with Crippen LogP contribution in [0.15, 0.2) is 29.0 Å². The fraction of sp³-hybridized carbons (Fsp3) is 0.250. The van der Waals surface area contributed by atoms with Crippen molar-refractivity contribution in [1.82, 2.24) is 14.8 Å². The molecule has 92 valence electrons. The monoisotopic (exact) mass is 307 g/mol. The molecule has 3 rings (SSSR count). The number of rotatable bonds is 3. The van der Waals surface area contributed by atoms with Gasteiger partial charge >= 0.3 is 5.97 Å². The summed E-state index contributed by atoms with van der Waals surface area (Å²) in [6.07, 6.45) is 5.11. The summed E-state index contributed by atoms with van der Waals surface area (Å²) < 4.78 is 2.51. The zero-order valence-electron chi connectivity index (χ0n) is 9.38. The van der Waals surface area contributed by atoms with Crippen LogP contribution in [0.2, 0.25) is 0 Å². The molecule has 0 bridgehead atoms. The summed E-state index contributed by atoms with van der Waals surface area (Å²) in [5.41, 5.74) is 1.04. The van der Waals surface area contributed by atoms with Gasteiger partial charge in [-0.25, -0.2) is 14.5 Å². The molecule has 18 heavy (non-hydrogen) atoms. The van der Waals surface area contributed by atoms with E-state index in [-0.39, 0.29) is 5.56 Å². The molecule has 2 aromatic rings. The number of hydrogen-bond acceptors (Lipinski definition) is 3. The Morgan fingerprint density at radius 1 is 1.39 bits per heavy atom. The Labute approximate surface area is 112 Å². The van der Waals surface area contributed by atoms with Crippen molar-refractivity contribution >= 4 is 21.9 Å². The Hall–Kier alpha value is -1.69. The highest BCUT2D eigenvalue weighted by Crippen LogP contribution is 2.42. The van der Waals surface area contributed by atoms with E-state index < -0.39 is 5.97 Å². The van der Waals surface area contributed by atoms with E-state index in [9.17, 15) is 4.79 Å². The van der Waals surface area contributed by atoms with Crippen LogP contribution in [0.5, 0.6) is 0 Å². The van der Waals surface area contributed by atoms with Crippen LogP contribution in [0.1, 0.15) is 34.8 Å². The zero-order valence-corrected chi connectivity index (χ0v) is 11.0. The topological polar surface area (TPSA) is 68.0 Å². The molecule has 1 fully saturated rings. The summed E-state index contributed by atoms with van der Waals surface area (Å²) in [4.78, 5) is 15.4. The van der Waals surface area contributed by atoms with Crippen molar-refractivity contribution < 1.29 is 9.90 Å². The van der Waals surface area contributed by atoms with Crippen molar-refractivity contribution in [2.45, 2.75) is 18.8 Å². The second kappa shape index (κ2) is 4.20. The van der Waals surface area contributed by atoms with Gasteiger partial charge in [-0.3, -0.25) is 0 Å². The highest BCUT2D eigenvalue weighted by atomic mass is 79.9. The molecule has 0 aromatic carbocycles. The first kappa shape index (κ1) is 11.4. The number of carbonyl (C=O) groups is 1. The van der Waals surface area contributed by atoms with Crippen LogP contribution >= 0.6 is 15.9 Å². The second-order valence-corrected chi connectivity index (χ2v) is 5.19. The third-order valence-corrected chi connectivity index (χ3v) is 3.40. The van der Waals surface area contributed by atoms with Crippen molar-refractivity contribution in [2.75, 3.05) is 0 Å². The maximum atomic E-state index is 11.2. The van der Waals surface area contributed by atoms with Crippen LogP contribution in [0.3, 0.4) is 0 Å². The van der Waals surface area contributed by atoms with Gasteiger partial charge in [-0.1, -0.05) is 0 Å². The van der Waals surface area contributed by atoms with Crippen LogP contribution < -0.4 is 0 Å². The standard InChI is InChI=1S/C12H10BrN3O2/c13-8-3-4-10(14-5-8)16-11(7-1-2-7)9(6-15-16)12(17)18/h3-7H,1-2H2,(H,17,18). The van der Waals surface area contributed by atoms with Gasteiger partial charge in [0.1, 0.15) is 5.56 Å². The number of hydrogen-bond donors (Lipinski definition) is 1. The van der Waals surface area contributed by atoms with Crippen molar-refractivity contribution in [1.29, 1.82) is 0 Å². The summed E-state index contributed by atoms with van der Waals surface area (Å²) in [7, 11) is 0. The molecule has 0 atom stereocenters. The molecule has 5 nitrogen and oxygen atoms in total. The summed E-state index contributed by atoms with van der Waals surface area (Å²) in [5, 5.41) is 13.3. The van der Waals surface area contributed by atoms with Gasteiger partial charge in [-0.2, -0.15) is 5.10 Å². The quantitative estimate of drug-likeness (QED) is 0.946. The van der Waals surface area contributed by atoms with E-state index in [4.69, 9.17) is 5.11 Å². The molecule has 1 N–H and O–H groups in total. The van der Waals surface area contributed by atoms with Gasteiger partial charge in [0.15, 0.2) is 5.82 Å². The van der Waals surface area contributed by atoms with Gasteiger partial charge in [-0.05, 0) is 40.9 Å². The lowest BCUT2D eigenvalue weighted by molar-refractivity contribution is 0.0695. The molecular formula is C12H10BrN3O2. The predicted octanol–water partition coefficient (Wildman–Crippen LogP) is 2.61. The van der Waals surface area contributed by atoms with Crippen LogP contribution in [0.4, 0.5) is 0 Å². The highest BCUT2D eigenvalue weighted by molar-refractivity contribution is 9.10. The van der Waals surface area contributed by atoms with Gasteiger partial charge in [0.05, 0.1) is 11.9 Å². The lowest BCUT2D eigenvalue weighted by atomic mass is 10.2. The van der Waals surface area contributed by atoms with Gasteiger partial charge < -0.3 is 5.11 Å². The molecular weight excluding hydrogens is 298 g/mol. The van der Waals surface area contributed by atoms with Crippen molar-refractivity contribution in [2.24, 2.45) is 0 Å². The third kappa shape index (κ3) is 1.92. The SMILES string of the molecule is O=C(O)c1cnn(-c2ccc(Br)cn2)c1C1CC1. The lowest BCUT2D eigenvalue weighted by Gasteiger charge is -2.06. The number of pyridine rings is 1. The molecule has 1 saturated carbocycles. The molecule has 0 spiro atoms. The number of carboxylic acid groups (broad SMARTS) is 1. The molecule has 0 unspecified atom stereocenters. The lowest BCUT2D eigenvalue weighted by Crippen LogP contribution is -2.06. The Kier molecular flexibility index (Phi) is 2.66. The largest absolute Gasteiger partial charge is 0.478 e. The first-order valence-corrected chi connectivity index (χ1v) is 6.39. The zero-order chi connectivity index (χ0) is 12.7. The molecule has 0 amide bonds. The molecule has 0 aliphatic heterocycles. The molecule has 2 heterocycles. The number of aromatic nitrogens is 3. The smallest absolute Gasteiger partial charge is 0.339 e. The molecule has 0 saturated heterocycles. The van der Waals surface area contributed by atoms with E-state index in [0.717, 1.165) is 23.0 Å². The normalized spacial score (nSPS) is 14.7. The van der Waals surface area contributed by atoms with Gasteiger partial charge in [0.25, 0.3) is 0 Å². The average Bonchev–Trinajstić information content (AvgIpc) is 3.09. The fourth-order valence-corrected chi connectivity index (χ4v) is 2.18. The summed E-state index contributed by atoms with van der Waals surface area (Å²) in [6, 6.07) is 3.68. The average molecular weight is 308 g/mol. The van der Waals surface area contributed by atoms with Crippen molar-refractivity contribution in [3.63, 3.8) is 0 Å². The number of aromatic carboxylic acids is 1. The molecule has 6 heteroatoms. The molecule has 1 aliphatic carbocycles. The Morgan fingerprint density at radius 3 is 2.72 bits per heavy atom. The Balaban J connectivity index is 2.11. The predicted molar refractivity (Wildman–Crippen MR) is 68.0 cm³/mol. The van der Waals surface area contributed by atoms with Crippen molar-refractivity contribution in [3.05, 3.63) is 40.3 Å². The second-order valence-electron chi connectivity index (χ2n) is 4.27. The summed E-state index contributed by atoms with van der Waals surface area (Å²) in [6.45, 7) is 0. The Bertz CT molecular complexity index is 602. The van der Waals surface area contributed by atoms with E-state index in [1.807, 2.05) is 12.1 Å². The van der Waals surface area contributed by atoms with Crippen LogP contribution in [-0.2, 0) is 0 Å². The van der Waals surface area contributed by atoms with Crippen LogP contribution in [0.25, 0.3) is 5.82 Å². The molecule has 2 aromatic heterocycles. The Morgan fingerprint density at radius 2 is 2.17 bits per heavy atom. The third-order valence-electron chi connectivity index (χ3n) is 2.93.